The van der Waals surface area contributed by atoms with Gasteiger partial charge < -0.3 is 19.7 Å². The summed E-state index contributed by atoms with van der Waals surface area (Å²) in [7, 11) is 2.04. The number of anilines is 3. The van der Waals surface area contributed by atoms with Crippen LogP contribution in [0, 0.1) is 6.92 Å². The largest absolute Gasteiger partial charge is 0.456 e. The fraction of sp³-hybridized carbons (Fsp3) is 0.114. The molecular weight excluding hydrogens is 496 g/mol. The number of ether oxygens (including phenoxy) is 2. The molecule has 2 aliphatic heterocycles. The summed E-state index contributed by atoms with van der Waals surface area (Å²) in [6, 6.07) is 38.4. The maximum absolute atomic E-state index is 13.3. The van der Waals surface area contributed by atoms with Crippen molar-refractivity contribution < 1.29 is 14.3 Å². The number of esters is 1. The summed E-state index contributed by atoms with van der Waals surface area (Å²) in [6.45, 7) is 2.76. The predicted octanol–water partition coefficient (Wildman–Crippen LogP) is 7.94. The van der Waals surface area contributed by atoms with E-state index in [1.54, 1.807) is 0 Å². The standard InChI is InChI=1S/C35H28N2O3/c1-23-12-15-26(16-13-23)37(2)27-17-18-30-33(21-27)39-32-19-14-25(36-22-24-8-4-3-5-9-24)20-31(32)35(30)29-11-7-6-10-28(29)34(38)40-35/h3-21,36H,22H2,1-2H3. The lowest BCUT2D eigenvalue weighted by Crippen LogP contribution is -2.33. The smallest absolute Gasteiger partial charge is 0.340 e. The van der Waals surface area contributed by atoms with Gasteiger partial charge in [-0.2, -0.15) is 0 Å². The van der Waals surface area contributed by atoms with Crippen molar-refractivity contribution in [3.63, 3.8) is 0 Å². The van der Waals surface area contributed by atoms with Crippen LogP contribution in [0.5, 0.6) is 11.5 Å². The first-order valence-electron chi connectivity index (χ1n) is 13.4. The minimum atomic E-state index is -1.11. The third-order valence-electron chi connectivity index (χ3n) is 7.84. The first-order chi connectivity index (χ1) is 19.5. The van der Waals surface area contributed by atoms with E-state index in [0.29, 0.717) is 23.6 Å². The van der Waals surface area contributed by atoms with Gasteiger partial charge in [0, 0.05) is 53.4 Å². The summed E-state index contributed by atoms with van der Waals surface area (Å²) in [4.78, 5) is 15.4. The van der Waals surface area contributed by atoms with Crippen LogP contribution in [0.4, 0.5) is 17.1 Å². The Morgan fingerprint density at radius 1 is 0.725 bits per heavy atom. The van der Waals surface area contributed by atoms with Gasteiger partial charge in [0.15, 0.2) is 5.60 Å². The van der Waals surface area contributed by atoms with E-state index in [1.807, 2.05) is 79.8 Å². The Labute approximate surface area is 233 Å². The summed E-state index contributed by atoms with van der Waals surface area (Å²) < 4.78 is 12.9. The van der Waals surface area contributed by atoms with E-state index in [-0.39, 0.29) is 5.97 Å². The normalized spacial score (nSPS) is 16.4. The second-order valence-corrected chi connectivity index (χ2v) is 10.3. The van der Waals surface area contributed by atoms with E-state index in [0.717, 1.165) is 33.8 Å². The summed E-state index contributed by atoms with van der Waals surface area (Å²) in [5.41, 5.74) is 7.25. The van der Waals surface area contributed by atoms with Gasteiger partial charge in [-0.25, -0.2) is 4.79 Å². The van der Waals surface area contributed by atoms with E-state index in [2.05, 4.69) is 59.6 Å². The number of nitrogens with zero attached hydrogens (tertiary/aromatic N) is 1. The fourth-order valence-corrected chi connectivity index (χ4v) is 5.70. The highest BCUT2D eigenvalue weighted by Gasteiger charge is 2.53. The first kappa shape index (κ1) is 24.0. The molecule has 1 N–H and O–H groups in total. The Balaban J connectivity index is 1.34. The molecule has 196 valence electrons. The number of fused-ring (bicyclic) bond motifs is 6. The van der Waals surface area contributed by atoms with E-state index in [4.69, 9.17) is 9.47 Å². The third-order valence-corrected chi connectivity index (χ3v) is 7.84. The molecule has 2 heterocycles. The fourth-order valence-electron chi connectivity index (χ4n) is 5.70. The van der Waals surface area contributed by atoms with Gasteiger partial charge >= 0.3 is 5.97 Å². The van der Waals surface area contributed by atoms with Crippen LogP contribution in [0.25, 0.3) is 0 Å². The molecule has 1 spiro atoms. The average molecular weight is 525 g/mol. The van der Waals surface area contributed by atoms with Crippen LogP contribution in [0.1, 0.15) is 38.2 Å². The summed E-state index contributed by atoms with van der Waals surface area (Å²) in [5, 5.41) is 3.52. The molecule has 40 heavy (non-hydrogen) atoms. The minimum Gasteiger partial charge on any atom is -0.456 e. The lowest BCUT2D eigenvalue weighted by atomic mass is 9.77. The first-order valence-corrected chi connectivity index (χ1v) is 13.4. The predicted molar refractivity (Wildman–Crippen MR) is 158 cm³/mol. The lowest BCUT2D eigenvalue weighted by Gasteiger charge is -2.37. The van der Waals surface area contributed by atoms with Crippen molar-refractivity contribution in [2.24, 2.45) is 0 Å². The van der Waals surface area contributed by atoms with Crippen molar-refractivity contribution >= 4 is 23.0 Å². The average Bonchev–Trinajstić information content (AvgIpc) is 3.29. The molecule has 5 aromatic carbocycles. The number of hydrogen-bond donors (Lipinski definition) is 1. The number of rotatable bonds is 5. The molecule has 1 unspecified atom stereocenters. The molecule has 0 radical (unpaired) electrons. The van der Waals surface area contributed by atoms with Crippen LogP contribution in [0.3, 0.4) is 0 Å². The highest BCUT2D eigenvalue weighted by atomic mass is 16.6. The van der Waals surface area contributed by atoms with Crippen LogP contribution in [0.2, 0.25) is 0 Å². The number of carbonyl (C=O) groups is 1. The molecule has 0 saturated heterocycles. The second-order valence-electron chi connectivity index (χ2n) is 10.3. The van der Waals surface area contributed by atoms with Crippen LogP contribution in [-0.2, 0) is 16.9 Å². The van der Waals surface area contributed by atoms with Crippen molar-refractivity contribution in [3.05, 3.63) is 149 Å². The third kappa shape index (κ3) is 3.82. The topological polar surface area (TPSA) is 50.8 Å². The quantitative estimate of drug-likeness (QED) is 0.237. The highest BCUT2D eigenvalue weighted by Crippen LogP contribution is 2.57. The van der Waals surface area contributed by atoms with Gasteiger partial charge in [-0.15, -0.1) is 0 Å². The number of benzene rings is 5. The zero-order chi connectivity index (χ0) is 27.3. The maximum atomic E-state index is 13.3. The maximum Gasteiger partial charge on any atom is 0.340 e. The molecule has 7 rings (SSSR count). The van der Waals surface area contributed by atoms with Crippen molar-refractivity contribution in [3.8, 4) is 11.5 Å². The summed E-state index contributed by atoms with van der Waals surface area (Å²) in [5.74, 6) is 0.994. The van der Waals surface area contributed by atoms with E-state index < -0.39 is 5.60 Å². The Kier molecular flexibility index (Phi) is 5.60. The van der Waals surface area contributed by atoms with E-state index in [9.17, 15) is 4.79 Å². The molecule has 0 aliphatic carbocycles. The van der Waals surface area contributed by atoms with Crippen molar-refractivity contribution in [2.75, 3.05) is 17.3 Å². The Bertz CT molecular complexity index is 1750. The zero-order valence-corrected chi connectivity index (χ0v) is 22.3. The van der Waals surface area contributed by atoms with Gasteiger partial charge in [0.05, 0.1) is 5.56 Å². The van der Waals surface area contributed by atoms with Crippen LogP contribution in [-0.4, -0.2) is 13.0 Å². The molecule has 0 amide bonds. The molecule has 5 nitrogen and oxygen atoms in total. The molecule has 0 aromatic heterocycles. The molecular formula is C35H28N2O3. The van der Waals surface area contributed by atoms with Crippen LogP contribution in [0.15, 0.2) is 115 Å². The van der Waals surface area contributed by atoms with Gasteiger partial charge in [-0.3, -0.25) is 0 Å². The minimum absolute atomic E-state index is 0.335. The van der Waals surface area contributed by atoms with Crippen LogP contribution < -0.4 is 15.0 Å². The molecule has 0 saturated carbocycles. The van der Waals surface area contributed by atoms with Gasteiger partial charge in [0.2, 0.25) is 0 Å². The molecule has 5 aromatic rings. The van der Waals surface area contributed by atoms with Gasteiger partial charge in [0.25, 0.3) is 0 Å². The van der Waals surface area contributed by atoms with Gasteiger partial charge in [-0.1, -0.05) is 66.2 Å². The molecule has 0 fully saturated rings. The van der Waals surface area contributed by atoms with E-state index in [1.165, 1.54) is 11.1 Å². The highest BCUT2D eigenvalue weighted by molar-refractivity contribution is 5.97. The van der Waals surface area contributed by atoms with E-state index >= 15 is 0 Å². The molecule has 0 bridgehead atoms. The Morgan fingerprint density at radius 3 is 2.30 bits per heavy atom. The van der Waals surface area contributed by atoms with Gasteiger partial charge in [0.1, 0.15) is 11.5 Å². The number of aryl methyl sites for hydroxylation is 1. The summed E-state index contributed by atoms with van der Waals surface area (Å²) >= 11 is 0. The van der Waals surface area contributed by atoms with Crippen molar-refractivity contribution in [2.45, 2.75) is 19.1 Å². The second kappa shape index (κ2) is 9.31. The Morgan fingerprint density at radius 2 is 1.48 bits per heavy atom. The number of carbonyl (C=O) groups excluding carboxylic acids is 1. The number of nitrogens with one attached hydrogen (secondary N) is 1. The monoisotopic (exact) mass is 524 g/mol. The SMILES string of the molecule is Cc1ccc(N(C)c2ccc3c(c2)Oc2ccc(NCc4ccccc4)cc2C32OC(=O)c3ccccc32)cc1. The molecule has 5 heteroatoms. The van der Waals surface area contributed by atoms with Crippen molar-refractivity contribution in [1.82, 2.24) is 0 Å². The lowest BCUT2D eigenvalue weighted by molar-refractivity contribution is 0.0224. The number of hydrogen-bond acceptors (Lipinski definition) is 5. The van der Waals surface area contributed by atoms with Crippen LogP contribution >= 0.6 is 0 Å². The Hall–Kier alpha value is -5.03. The van der Waals surface area contributed by atoms with Gasteiger partial charge in [-0.05, 0) is 61.0 Å². The van der Waals surface area contributed by atoms with Crippen molar-refractivity contribution in [1.29, 1.82) is 0 Å². The zero-order valence-electron chi connectivity index (χ0n) is 22.3. The molecule has 2 aliphatic rings. The molecule has 1 atom stereocenters. The summed E-state index contributed by atoms with van der Waals surface area (Å²) in [6.07, 6.45) is 0.